The van der Waals surface area contributed by atoms with Crippen molar-refractivity contribution in [2.75, 3.05) is 0 Å². The molecule has 1 atom stereocenters. The topological polar surface area (TPSA) is 12.9 Å². The van der Waals surface area contributed by atoms with Crippen molar-refractivity contribution < 1.29 is 0 Å². The molecule has 11 heavy (non-hydrogen) atoms. The Morgan fingerprint density at radius 3 is 2.82 bits per heavy atom. The van der Waals surface area contributed by atoms with E-state index < -0.39 is 0 Å². The lowest BCUT2D eigenvalue weighted by atomic mass is 10.0. The van der Waals surface area contributed by atoms with Crippen molar-refractivity contribution in [1.29, 1.82) is 0 Å². The van der Waals surface area contributed by atoms with Crippen LogP contribution in [0.15, 0.2) is 5.51 Å². The van der Waals surface area contributed by atoms with E-state index in [9.17, 15) is 0 Å². The maximum atomic E-state index is 4.24. The molecular weight excluding hydrogens is 154 g/mol. The maximum absolute atomic E-state index is 4.24. The van der Waals surface area contributed by atoms with Gasteiger partial charge in [-0.3, -0.25) is 0 Å². The first kappa shape index (κ1) is 8.72. The van der Waals surface area contributed by atoms with Gasteiger partial charge in [-0.25, -0.2) is 4.98 Å². The molecule has 1 rings (SSSR count). The van der Waals surface area contributed by atoms with Crippen LogP contribution in [0.2, 0.25) is 0 Å². The monoisotopic (exact) mass is 169 g/mol. The number of aromatic nitrogens is 1. The van der Waals surface area contributed by atoms with Gasteiger partial charge in [-0.1, -0.05) is 20.3 Å². The molecule has 1 unspecified atom stereocenters. The maximum Gasteiger partial charge on any atom is 0.0797 e. The van der Waals surface area contributed by atoms with Crippen LogP contribution in [0.3, 0.4) is 0 Å². The van der Waals surface area contributed by atoms with Gasteiger partial charge < -0.3 is 0 Å². The van der Waals surface area contributed by atoms with Crippen molar-refractivity contribution in [3.63, 3.8) is 0 Å². The molecule has 1 aromatic heterocycles. The van der Waals surface area contributed by atoms with Crippen molar-refractivity contribution >= 4 is 11.3 Å². The van der Waals surface area contributed by atoms with Gasteiger partial charge in [0.25, 0.3) is 0 Å². The van der Waals surface area contributed by atoms with Crippen molar-refractivity contribution in [2.45, 2.75) is 39.5 Å². The van der Waals surface area contributed by atoms with E-state index >= 15 is 0 Å². The molecule has 0 aliphatic carbocycles. The molecule has 1 aromatic rings. The second-order valence-electron chi connectivity index (χ2n) is 2.99. The third-order valence-corrected chi connectivity index (χ3v) is 3.11. The highest BCUT2D eigenvalue weighted by molar-refractivity contribution is 7.09. The van der Waals surface area contributed by atoms with Crippen molar-refractivity contribution in [3.05, 3.63) is 16.1 Å². The van der Waals surface area contributed by atoms with Crippen LogP contribution in [-0.4, -0.2) is 4.98 Å². The van der Waals surface area contributed by atoms with Crippen LogP contribution in [0.1, 0.15) is 43.2 Å². The molecule has 62 valence electrons. The van der Waals surface area contributed by atoms with Gasteiger partial charge in [0.2, 0.25) is 0 Å². The lowest BCUT2D eigenvalue weighted by Gasteiger charge is -2.06. The molecule has 0 radical (unpaired) electrons. The van der Waals surface area contributed by atoms with E-state index in [-0.39, 0.29) is 0 Å². The summed E-state index contributed by atoms with van der Waals surface area (Å²) in [4.78, 5) is 5.70. The molecule has 0 aliphatic rings. The molecule has 1 heterocycles. The molecule has 0 spiro atoms. The predicted octanol–water partition coefficient (Wildman–Crippen LogP) is 3.36. The summed E-state index contributed by atoms with van der Waals surface area (Å²) in [6.07, 6.45) is 2.54. The molecule has 1 nitrogen and oxygen atoms in total. The average molecular weight is 169 g/mol. The molecule has 0 N–H and O–H groups in total. The third-order valence-electron chi connectivity index (χ3n) is 1.95. The predicted molar refractivity (Wildman–Crippen MR) is 50.2 cm³/mol. The highest BCUT2D eigenvalue weighted by atomic mass is 32.1. The minimum absolute atomic E-state index is 0.701. The second-order valence-corrected chi connectivity index (χ2v) is 3.88. The van der Waals surface area contributed by atoms with Gasteiger partial charge in [0.05, 0.1) is 11.2 Å². The summed E-state index contributed by atoms with van der Waals surface area (Å²) < 4.78 is 0. The summed E-state index contributed by atoms with van der Waals surface area (Å²) in [5.74, 6) is 0.701. The number of rotatable bonds is 3. The highest BCUT2D eigenvalue weighted by Crippen LogP contribution is 2.26. The third kappa shape index (κ3) is 2.03. The van der Waals surface area contributed by atoms with Crippen LogP contribution in [-0.2, 0) is 0 Å². The summed E-state index contributed by atoms with van der Waals surface area (Å²) in [5.41, 5.74) is 3.16. The number of aryl methyl sites for hydroxylation is 1. The molecule has 0 bridgehead atoms. The Balaban J connectivity index is 2.67. The summed E-state index contributed by atoms with van der Waals surface area (Å²) in [6.45, 7) is 6.61. The first-order valence-electron chi connectivity index (χ1n) is 4.15. The van der Waals surface area contributed by atoms with E-state index in [2.05, 4.69) is 25.8 Å². The van der Waals surface area contributed by atoms with E-state index in [1.165, 1.54) is 23.4 Å². The summed E-state index contributed by atoms with van der Waals surface area (Å²) >= 11 is 1.79. The number of nitrogens with zero attached hydrogens (tertiary/aromatic N) is 1. The van der Waals surface area contributed by atoms with E-state index in [1.54, 1.807) is 11.3 Å². The Kier molecular flexibility index (Phi) is 3.06. The van der Waals surface area contributed by atoms with Gasteiger partial charge in [0.1, 0.15) is 0 Å². The van der Waals surface area contributed by atoms with E-state index in [0.29, 0.717) is 5.92 Å². The molecule has 0 fully saturated rings. The fraction of sp³-hybridized carbons (Fsp3) is 0.667. The highest BCUT2D eigenvalue weighted by Gasteiger charge is 2.08. The first-order valence-corrected chi connectivity index (χ1v) is 5.03. The molecule has 0 saturated heterocycles. The fourth-order valence-electron chi connectivity index (χ4n) is 1.35. The van der Waals surface area contributed by atoms with Crippen molar-refractivity contribution in [1.82, 2.24) is 4.98 Å². The van der Waals surface area contributed by atoms with Gasteiger partial charge in [0.15, 0.2) is 0 Å². The lowest BCUT2D eigenvalue weighted by Crippen LogP contribution is -1.91. The van der Waals surface area contributed by atoms with E-state index in [0.717, 1.165) is 0 Å². The Morgan fingerprint density at radius 1 is 1.64 bits per heavy atom. The molecular formula is C9H15NS. The standard InChI is InChI=1S/C9H15NS/c1-4-5-7(2)9-8(3)10-6-11-9/h6-7H,4-5H2,1-3H3. The van der Waals surface area contributed by atoms with E-state index in [4.69, 9.17) is 0 Å². The zero-order valence-corrected chi connectivity index (χ0v) is 8.24. The fourth-order valence-corrected chi connectivity index (χ4v) is 2.25. The Hall–Kier alpha value is -0.370. The average Bonchev–Trinajstić information content (AvgIpc) is 2.36. The van der Waals surface area contributed by atoms with Crippen LogP contribution in [0, 0.1) is 6.92 Å². The Labute approximate surface area is 72.5 Å². The number of hydrogen-bond acceptors (Lipinski definition) is 2. The SMILES string of the molecule is CCCC(C)c1scnc1C. The minimum Gasteiger partial charge on any atom is -0.250 e. The van der Waals surface area contributed by atoms with E-state index in [1.807, 2.05) is 5.51 Å². The quantitative estimate of drug-likeness (QED) is 0.676. The van der Waals surface area contributed by atoms with Crippen molar-refractivity contribution in [2.24, 2.45) is 0 Å². The summed E-state index contributed by atoms with van der Waals surface area (Å²) in [7, 11) is 0. The molecule has 0 aromatic carbocycles. The molecule has 0 saturated carbocycles. The number of hydrogen-bond donors (Lipinski definition) is 0. The van der Waals surface area contributed by atoms with Crippen LogP contribution in [0.5, 0.6) is 0 Å². The second kappa shape index (κ2) is 3.86. The Morgan fingerprint density at radius 2 is 2.36 bits per heavy atom. The van der Waals surface area contributed by atoms with Gasteiger partial charge in [-0.2, -0.15) is 0 Å². The zero-order valence-electron chi connectivity index (χ0n) is 7.42. The van der Waals surface area contributed by atoms with Crippen molar-refractivity contribution in [3.8, 4) is 0 Å². The first-order chi connectivity index (χ1) is 5.25. The van der Waals surface area contributed by atoms with Crippen LogP contribution < -0.4 is 0 Å². The van der Waals surface area contributed by atoms with Gasteiger partial charge in [0, 0.05) is 4.88 Å². The molecule has 0 amide bonds. The van der Waals surface area contributed by atoms with Gasteiger partial charge in [-0.05, 0) is 19.3 Å². The molecule has 0 aliphatic heterocycles. The Bertz CT molecular complexity index is 217. The van der Waals surface area contributed by atoms with Crippen LogP contribution >= 0.6 is 11.3 Å². The summed E-state index contributed by atoms with van der Waals surface area (Å²) in [5, 5.41) is 0. The zero-order chi connectivity index (χ0) is 8.27. The van der Waals surface area contributed by atoms with Crippen LogP contribution in [0.4, 0.5) is 0 Å². The largest absolute Gasteiger partial charge is 0.250 e. The van der Waals surface area contributed by atoms with Gasteiger partial charge >= 0.3 is 0 Å². The minimum atomic E-state index is 0.701. The normalized spacial score (nSPS) is 13.4. The molecule has 2 heteroatoms. The smallest absolute Gasteiger partial charge is 0.0797 e. The van der Waals surface area contributed by atoms with Gasteiger partial charge in [-0.15, -0.1) is 11.3 Å². The summed E-state index contributed by atoms with van der Waals surface area (Å²) in [6, 6.07) is 0. The number of thiazole rings is 1. The van der Waals surface area contributed by atoms with Crippen LogP contribution in [0.25, 0.3) is 0 Å². The lowest BCUT2D eigenvalue weighted by molar-refractivity contribution is 0.670.